The molecule has 1 fully saturated rings. The number of esters is 1. The number of nitrogens with two attached hydrogens (primary N) is 2. The van der Waals surface area contributed by atoms with Crippen molar-refractivity contribution in [3.63, 3.8) is 0 Å². The summed E-state index contributed by atoms with van der Waals surface area (Å²) in [6, 6.07) is 6.13. The quantitative estimate of drug-likeness (QED) is 0.279. The number of primary amides is 1. The molecule has 0 bridgehead atoms. The van der Waals surface area contributed by atoms with Crippen LogP contribution >= 0.6 is 11.6 Å². The maximum atomic E-state index is 12.3. The third-order valence-electron chi connectivity index (χ3n) is 5.58. The Morgan fingerprint density at radius 2 is 2.00 bits per heavy atom. The number of hydrogen-bond donors (Lipinski definition) is 3. The van der Waals surface area contributed by atoms with Gasteiger partial charge >= 0.3 is 5.97 Å². The molecule has 1 aromatic carbocycles. The third kappa shape index (κ3) is 7.43. The number of carbonyl (C=O) groups is 4. The zero-order chi connectivity index (χ0) is 27.7. The summed E-state index contributed by atoms with van der Waals surface area (Å²) in [5.74, 6) is -1.67. The Morgan fingerprint density at radius 3 is 2.59 bits per heavy atom. The van der Waals surface area contributed by atoms with Crippen molar-refractivity contribution in [2.75, 3.05) is 24.2 Å². The normalized spacial score (nSPS) is 15.1. The summed E-state index contributed by atoms with van der Waals surface area (Å²) >= 11 is 5.87. The van der Waals surface area contributed by atoms with Crippen LogP contribution in [0.15, 0.2) is 54.0 Å². The van der Waals surface area contributed by atoms with Crippen molar-refractivity contribution < 1.29 is 23.9 Å². The number of pyridine rings is 1. The molecule has 2 aromatic rings. The fourth-order valence-electron chi connectivity index (χ4n) is 3.54. The van der Waals surface area contributed by atoms with E-state index < -0.39 is 29.5 Å². The molecule has 37 heavy (non-hydrogen) atoms. The van der Waals surface area contributed by atoms with Crippen LogP contribution in [0.2, 0.25) is 5.02 Å². The zero-order valence-electron chi connectivity index (χ0n) is 20.6. The molecular weight excluding hydrogens is 502 g/mol. The van der Waals surface area contributed by atoms with E-state index in [-0.39, 0.29) is 28.1 Å². The van der Waals surface area contributed by atoms with E-state index >= 15 is 0 Å². The van der Waals surface area contributed by atoms with Gasteiger partial charge in [0.15, 0.2) is 0 Å². The van der Waals surface area contributed by atoms with Gasteiger partial charge in [-0.3, -0.25) is 19.2 Å². The van der Waals surface area contributed by atoms with Crippen LogP contribution in [-0.2, 0) is 19.1 Å². The van der Waals surface area contributed by atoms with Gasteiger partial charge in [0.05, 0.1) is 17.3 Å². The van der Waals surface area contributed by atoms with Gasteiger partial charge in [-0.15, -0.1) is 0 Å². The topological polar surface area (TPSA) is 167 Å². The molecule has 1 unspecified atom stereocenters. The van der Waals surface area contributed by atoms with E-state index in [4.69, 9.17) is 27.8 Å². The molecule has 0 aliphatic carbocycles. The van der Waals surface area contributed by atoms with E-state index in [0.29, 0.717) is 25.3 Å². The second-order valence-corrected chi connectivity index (χ2v) is 8.46. The average Bonchev–Trinajstić information content (AvgIpc) is 3.37. The minimum Gasteiger partial charge on any atom is -0.464 e. The Morgan fingerprint density at radius 1 is 1.30 bits per heavy atom. The van der Waals surface area contributed by atoms with Crippen LogP contribution in [0, 0.1) is 0 Å². The number of benzene rings is 1. The van der Waals surface area contributed by atoms with Crippen LogP contribution < -0.4 is 22.3 Å². The molecular formula is C25H30ClN5O6. The highest BCUT2D eigenvalue weighted by atomic mass is 35.5. The smallest absolute Gasteiger partial charge is 0.328 e. The van der Waals surface area contributed by atoms with Crippen molar-refractivity contribution in [2.45, 2.75) is 38.8 Å². The summed E-state index contributed by atoms with van der Waals surface area (Å²) < 4.78 is 6.03. The number of amides is 3. The van der Waals surface area contributed by atoms with Crippen LogP contribution in [0.3, 0.4) is 0 Å². The molecule has 5 N–H and O–H groups in total. The number of hydrogen-bond acceptors (Lipinski definition) is 7. The summed E-state index contributed by atoms with van der Waals surface area (Å²) in [6.07, 6.45) is 4.20. The Hall–Kier alpha value is -4.12. The van der Waals surface area contributed by atoms with E-state index in [1.165, 1.54) is 54.4 Å². The predicted octanol–water partition coefficient (Wildman–Crippen LogP) is 2.11. The Bertz CT molecular complexity index is 1240. The van der Waals surface area contributed by atoms with Gasteiger partial charge in [-0.2, -0.15) is 0 Å². The van der Waals surface area contributed by atoms with E-state index in [1.807, 2.05) is 0 Å². The Balaban J connectivity index is 0.000000294. The fourth-order valence-corrected chi connectivity index (χ4v) is 3.72. The van der Waals surface area contributed by atoms with Gasteiger partial charge in [0.2, 0.25) is 11.8 Å². The van der Waals surface area contributed by atoms with E-state index in [9.17, 15) is 24.0 Å². The SMILES string of the molecule is C=CC(=O)N1CCC[C@H]1C(=O)OCC.CC(C(N)=O)n1cccc(NC(=O)c2ccc(N)c(Cl)c2)c1=O. The van der Waals surface area contributed by atoms with Gasteiger partial charge in [-0.1, -0.05) is 18.2 Å². The lowest BCUT2D eigenvalue weighted by molar-refractivity contribution is -0.151. The van der Waals surface area contributed by atoms with Crippen molar-refractivity contribution in [1.29, 1.82) is 0 Å². The molecule has 1 saturated heterocycles. The number of rotatable bonds is 7. The van der Waals surface area contributed by atoms with Crippen molar-refractivity contribution >= 4 is 46.7 Å². The Kier molecular flexibility index (Phi) is 10.4. The molecule has 12 heteroatoms. The number of likely N-dealkylation sites (tertiary alicyclic amines) is 1. The van der Waals surface area contributed by atoms with Crippen LogP contribution in [-0.4, -0.2) is 52.4 Å². The van der Waals surface area contributed by atoms with Crippen molar-refractivity contribution in [1.82, 2.24) is 9.47 Å². The standard InChI is InChI=1S/C15H15ClN4O3.C10H15NO3/c1-8(13(18)21)20-6-2-3-12(15(20)23)19-14(22)9-4-5-11(17)10(16)7-9;1-3-9(12)11-7-5-6-8(11)10(13)14-4-2/h2-8H,17H2,1H3,(H2,18,21)(H,19,22);3,8H,1,4-7H2,2H3/t;8-/m.0/s1. The number of nitrogens with zero attached hydrogens (tertiary/aromatic N) is 2. The molecule has 3 rings (SSSR count). The molecule has 2 atom stereocenters. The number of anilines is 2. The first-order valence-corrected chi connectivity index (χ1v) is 11.9. The van der Waals surface area contributed by atoms with Gasteiger partial charge in [0.25, 0.3) is 11.5 Å². The van der Waals surface area contributed by atoms with Gasteiger partial charge in [0.1, 0.15) is 17.8 Å². The molecule has 0 spiro atoms. The first-order chi connectivity index (χ1) is 17.5. The lowest BCUT2D eigenvalue weighted by Gasteiger charge is -2.21. The molecule has 11 nitrogen and oxygen atoms in total. The van der Waals surface area contributed by atoms with Crippen molar-refractivity contribution in [3.05, 3.63) is 70.1 Å². The first-order valence-electron chi connectivity index (χ1n) is 11.5. The maximum absolute atomic E-state index is 12.3. The minimum atomic E-state index is -0.828. The lowest BCUT2D eigenvalue weighted by Crippen LogP contribution is -2.40. The minimum absolute atomic E-state index is 0.0264. The number of ether oxygens (including phenoxy) is 1. The fraction of sp³-hybridized carbons (Fsp3) is 0.320. The van der Waals surface area contributed by atoms with Crippen LogP contribution in [0.4, 0.5) is 11.4 Å². The molecule has 1 aliphatic rings. The molecule has 198 valence electrons. The molecule has 0 radical (unpaired) electrons. The summed E-state index contributed by atoms with van der Waals surface area (Å²) in [5, 5.41) is 2.72. The first kappa shape index (κ1) is 29.1. The highest BCUT2D eigenvalue weighted by molar-refractivity contribution is 6.33. The number of halogens is 1. The highest BCUT2D eigenvalue weighted by Crippen LogP contribution is 2.20. The average molecular weight is 532 g/mol. The largest absolute Gasteiger partial charge is 0.464 e. The lowest BCUT2D eigenvalue weighted by atomic mass is 10.2. The number of aromatic nitrogens is 1. The van der Waals surface area contributed by atoms with E-state index in [0.717, 1.165) is 11.0 Å². The van der Waals surface area contributed by atoms with Crippen LogP contribution in [0.1, 0.15) is 43.1 Å². The summed E-state index contributed by atoms with van der Waals surface area (Å²) in [4.78, 5) is 60.0. The van der Waals surface area contributed by atoms with Gasteiger partial charge in [0, 0.05) is 18.3 Å². The van der Waals surface area contributed by atoms with Crippen molar-refractivity contribution in [3.8, 4) is 0 Å². The van der Waals surface area contributed by atoms with Gasteiger partial charge in [-0.05, 0) is 63.1 Å². The predicted molar refractivity (Wildman–Crippen MR) is 140 cm³/mol. The van der Waals surface area contributed by atoms with Gasteiger partial charge in [-0.25, -0.2) is 4.79 Å². The molecule has 1 aromatic heterocycles. The molecule has 2 heterocycles. The molecule has 3 amide bonds. The van der Waals surface area contributed by atoms with E-state index in [2.05, 4.69) is 11.9 Å². The second kappa shape index (κ2) is 13.3. The van der Waals surface area contributed by atoms with Gasteiger partial charge < -0.3 is 31.0 Å². The van der Waals surface area contributed by atoms with Crippen molar-refractivity contribution in [2.24, 2.45) is 5.73 Å². The van der Waals surface area contributed by atoms with Crippen LogP contribution in [0.5, 0.6) is 0 Å². The zero-order valence-corrected chi connectivity index (χ0v) is 21.4. The summed E-state index contributed by atoms with van der Waals surface area (Å²) in [7, 11) is 0. The number of nitrogens with one attached hydrogen (secondary N) is 1. The highest BCUT2D eigenvalue weighted by Gasteiger charge is 2.33. The number of nitrogen functional groups attached to an aromatic ring is 1. The third-order valence-corrected chi connectivity index (χ3v) is 5.91. The van der Waals surface area contributed by atoms with Crippen LogP contribution in [0.25, 0.3) is 0 Å². The second-order valence-electron chi connectivity index (χ2n) is 8.05. The maximum Gasteiger partial charge on any atom is 0.328 e. The monoisotopic (exact) mass is 531 g/mol. The molecule has 0 saturated carbocycles. The summed E-state index contributed by atoms with van der Waals surface area (Å²) in [5.41, 5.74) is 10.9. The molecule has 1 aliphatic heterocycles. The van der Waals surface area contributed by atoms with E-state index in [1.54, 1.807) is 6.92 Å². The number of carbonyl (C=O) groups excluding carboxylic acids is 4. The Labute approximate surface area is 219 Å². The summed E-state index contributed by atoms with van der Waals surface area (Å²) in [6.45, 7) is 7.63.